The molecule has 0 aliphatic heterocycles. The van der Waals surface area contributed by atoms with Crippen molar-refractivity contribution in [3.8, 4) is 0 Å². The highest BCUT2D eigenvalue weighted by molar-refractivity contribution is 4.55. The first-order chi connectivity index (χ1) is 6.85. The second kappa shape index (κ2) is 11.0. The summed E-state index contributed by atoms with van der Waals surface area (Å²) < 4.78 is 5.25. The maximum Gasteiger partial charge on any atom is 0.0477 e. The van der Waals surface area contributed by atoms with Crippen LogP contribution in [0.3, 0.4) is 0 Å². The van der Waals surface area contributed by atoms with Crippen molar-refractivity contribution in [2.75, 3.05) is 45.9 Å². The molecule has 1 N–H and O–H groups in total. The number of ether oxygens (including phenoxy) is 1. The first kappa shape index (κ1) is 13.9. The summed E-state index contributed by atoms with van der Waals surface area (Å²) in [4.78, 5) is 2.43. The standard InChI is InChI=1S/C11H26N2O.H2/c1-4-13(5-2)10-9-12-8-7-11-14-6-3;/h12H,4-11H2,1-3H3;1H. The third-order valence-electron chi connectivity index (χ3n) is 2.35. The summed E-state index contributed by atoms with van der Waals surface area (Å²) in [6.07, 6.45) is 1.12. The maximum absolute atomic E-state index is 5.25. The van der Waals surface area contributed by atoms with E-state index in [1.807, 2.05) is 6.92 Å². The molecule has 0 amide bonds. The molecule has 14 heavy (non-hydrogen) atoms. The van der Waals surface area contributed by atoms with Gasteiger partial charge in [0, 0.05) is 27.7 Å². The minimum Gasteiger partial charge on any atom is -0.382 e. The van der Waals surface area contributed by atoms with Crippen LogP contribution >= 0.6 is 0 Å². The molecule has 0 radical (unpaired) electrons. The molecule has 3 heteroatoms. The van der Waals surface area contributed by atoms with E-state index < -0.39 is 0 Å². The highest BCUT2D eigenvalue weighted by Crippen LogP contribution is 1.85. The van der Waals surface area contributed by atoms with Gasteiger partial charge in [0.2, 0.25) is 0 Å². The predicted molar refractivity (Wildman–Crippen MR) is 63.9 cm³/mol. The lowest BCUT2D eigenvalue weighted by Gasteiger charge is -2.17. The van der Waals surface area contributed by atoms with Gasteiger partial charge in [-0.15, -0.1) is 0 Å². The van der Waals surface area contributed by atoms with E-state index in [2.05, 4.69) is 24.1 Å². The molecule has 0 saturated carbocycles. The van der Waals surface area contributed by atoms with Gasteiger partial charge in [-0.1, -0.05) is 13.8 Å². The summed E-state index contributed by atoms with van der Waals surface area (Å²) in [6, 6.07) is 0. The molecule has 0 aromatic rings. The highest BCUT2D eigenvalue weighted by Gasteiger charge is 1.96. The van der Waals surface area contributed by atoms with Crippen molar-refractivity contribution in [1.82, 2.24) is 10.2 Å². The van der Waals surface area contributed by atoms with Gasteiger partial charge >= 0.3 is 0 Å². The van der Waals surface area contributed by atoms with Crippen molar-refractivity contribution < 1.29 is 6.16 Å². The molecule has 0 bridgehead atoms. The Bertz CT molecular complexity index is 111. The zero-order valence-electron chi connectivity index (χ0n) is 10.0. The van der Waals surface area contributed by atoms with E-state index in [1.165, 1.54) is 0 Å². The minimum absolute atomic E-state index is 0. The minimum atomic E-state index is 0. The Hall–Kier alpha value is -0.120. The van der Waals surface area contributed by atoms with E-state index >= 15 is 0 Å². The van der Waals surface area contributed by atoms with Crippen LogP contribution < -0.4 is 5.32 Å². The number of nitrogens with zero attached hydrogens (tertiary/aromatic N) is 1. The molecule has 0 spiro atoms. The van der Waals surface area contributed by atoms with Crippen LogP contribution in [0.1, 0.15) is 28.6 Å². The van der Waals surface area contributed by atoms with Crippen LogP contribution in [0.2, 0.25) is 0 Å². The number of rotatable bonds is 10. The molecule has 0 heterocycles. The van der Waals surface area contributed by atoms with Crippen molar-refractivity contribution in [3.63, 3.8) is 0 Å². The normalized spacial score (nSPS) is 11.1. The summed E-state index contributed by atoms with van der Waals surface area (Å²) in [6.45, 7) is 13.8. The number of hydrogen-bond acceptors (Lipinski definition) is 3. The quantitative estimate of drug-likeness (QED) is 0.547. The van der Waals surface area contributed by atoms with E-state index in [0.717, 1.165) is 52.4 Å². The van der Waals surface area contributed by atoms with Crippen LogP contribution in [-0.2, 0) is 4.74 Å². The Morgan fingerprint density at radius 3 is 2.43 bits per heavy atom. The lowest BCUT2D eigenvalue weighted by Crippen LogP contribution is -2.32. The molecule has 0 aromatic carbocycles. The van der Waals surface area contributed by atoms with Gasteiger partial charge in [-0.2, -0.15) is 0 Å². The van der Waals surface area contributed by atoms with E-state index in [-0.39, 0.29) is 1.43 Å². The summed E-state index contributed by atoms with van der Waals surface area (Å²) in [5, 5.41) is 3.42. The monoisotopic (exact) mass is 204 g/mol. The Morgan fingerprint density at radius 2 is 1.86 bits per heavy atom. The summed E-state index contributed by atoms with van der Waals surface area (Å²) in [5.41, 5.74) is 0. The van der Waals surface area contributed by atoms with Gasteiger partial charge in [-0.25, -0.2) is 0 Å². The van der Waals surface area contributed by atoms with E-state index in [1.54, 1.807) is 0 Å². The van der Waals surface area contributed by atoms with Crippen LogP contribution in [0.15, 0.2) is 0 Å². The molecule has 0 unspecified atom stereocenters. The molecule has 0 aromatic heterocycles. The Morgan fingerprint density at radius 1 is 1.14 bits per heavy atom. The van der Waals surface area contributed by atoms with Crippen molar-refractivity contribution in [3.05, 3.63) is 0 Å². The molecule has 88 valence electrons. The summed E-state index contributed by atoms with van der Waals surface area (Å²) in [5.74, 6) is 0. The summed E-state index contributed by atoms with van der Waals surface area (Å²) >= 11 is 0. The fourth-order valence-electron chi connectivity index (χ4n) is 1.35. The fourth-order valence-corrected chi connectivity index (χ4v) is 1.35. The molecule has 0 atom stereocenters. The van der Waals surface area contributed by atoms with Crippen molar-refractivity contribution in [2.45, 2.75) is 27.2 Å². The zero-order chi connectivity index (χ0) is 10.6. The summed E-state index contributed by atoms with van der Waals surface area (Å²) in [7, 11) is 0. The second-order valence-electron chi connectivity index (χ2n) is 3.33. The van der Waals surface area contributed by atoms with E-state index in [0.29, 0.717) is 0 Å². The molecule has 0 fully saturated rings. The highest BCUT2D eigenvalue weighted by atomic mass is 16.5. The Kier molecular flexibility index (Phi) is 10.9. The first-order valence-electron chi connectivity index (χ1n) is 5.85. The molecule has 0 saturated heterocycles. The molecule has 0 aliphatic carbocycles. The molecular formula is C11H28N2O. The van der Waals surface area contributed by atoms with E-state index in [9.17, 15) is 0 Å². The first-order valence-corrected chi connectivity index (χ1v) is 5.85. The smallest absolute Gasteiger partial charge is 0.0477 e. The third-order valence-corrected chi connectivity index (χ3v) is 2.35. The van der Waals surface area contributed by atoms with Crippen LogP contribution in [-0.4, -0.2) is 50.8 Å². The number of likely N-dealkylation sites (N-methyl/N-ethyl adjacent to an activating group) is 1. The van der Waals surface area contributed by atoms with Gasteiger partial charge < -0.3 is 15.0 Å². The zero-order valence-corrected chi connectivity index (χ0v) is 10.0. The van der Waals surface area contributed by atoms with E-state index in [4.69, 9.17) is 4.74 Å². The SMILES string of the molecule is CCOCCCNCCN(CC)CC.[HH]. The van der Waals surface area contributed by atoms with Gasteiger partial charge in [0.15, 0.2) is 0 Å². The predicted octanol–water partition coefficient (Wildman–Crippen LogP) is 1.59. The van der Waals surface area contributed by atoms with Gasteiger partial charge in [-0.3, -0.25) is 0 Å². The number of nitrogens with one attached hydrogen (secondary N) is 1. The van der Waals surface area contributed by atoms with Crippen molar-refractivity contribution >= 4 is 0 Å². The fraction of sp³-hybridized carbons (Fsp3) is 1.00. The second-order valence-corrected chi connectivity index (χ2v) is 3.33. The van der Waals surface area contributed by atoms with Gasteiger partial charge in [-0.05, 0) is 33.0 Å². The molecule has 0 rings (SSSR count). The largest absolute Gasteiger partial charge is 0.382 e. The van der Waals surface area contributed by atoms with Crippen LogP contribution in [0.5, 0.6) is 0 Å². The maximum atomic E-state index is 5.25. The lowest BCUT2D eigenvalue weighted by atomic mass is 10.4. The van der Waals surface area contributed by atoms with Gasteiger partial charge in [0.25, 0.3) is 0 Å². The molecule has 3 nitrogen and oxygen atoms in total. The topological polar surface area (TPSA) is 24.5 Å². The third kappa shape index (κ3) is 8.48. The van der Waals surface area contributed by atoms with Crippen molar-refractivity contribution in [1.29, 1.82) is 0 Å². The average Bonchev–Trinajstić information content (AvgIpc) is 2.22. The Labute approximate surface area is 90.3 Å². The van der Waals surface area contributed by atoms with Crippen LogP contribution in [0.25, 0.3) is 0 Å². The van der Waals surface area contributed by atoms with Crippen LogP contribution in [0.4, 0.5) is 0 Å². The Balaban J connectivity index is 0. The average molecular weight is 204 g/mol. The van der Waals surface area contributed by atoms with Gasteiger partial charge in [0.1, 0.15) is 0 Å². The molecule has 0 aliphatic rings. The van der Waals surface area contributed by atoms with Gasteiger partial charge in [0.05, 0.1) is 0 Å². The van der Waals surface area contributed by atoms with Crippen molar-refractivity contribution in [2.24, 2.45) is 0 Å². The van der Waals surface area contributed by atoms with Crippen LogP contribution in [0, 0.1) is 0 Å². The molecular weight excluding hydrogens is 176 g/mol. The number of hydrogen-bond donors (Lipinski definition) is 1. The lowest BCUT2D eigenvalue weighted by molar-refractivity contribution is 0.144.